The molecule has 0 spiro atoms. The summed E-state index contributed by atoms with van der Waals surface area (Å²) in [4.78, 5) is 25.3. The van der Waals surface area contributed by atoms with E-state index in [2.05, 4.69) is 16.0 Å². The number of carbonyl (C=O) groups is 2. The Morgan fingerprint density at radius 3 is 2.79 bits per heavy atom. The molecule has 0 radical (unpaired) electrons. The second-order valence-electron chi connectivity index (χ2n) is 4.92. The van der Waals surface area contributed by atoms with Crippen LogP contribution in [0.25, 0.3) is 0 Å². The molecule has 0 aliphatic carbocycles. The van der Waals surface area contributed by atoms with Crippen LogP contribution in [-0.4, -0.2) is 55.1 Å². The SMILES string of the molecule is CCNC(=O)N1CCC(NC(=O)C2CCCN2)C1.Cl. The number of amides is 3. The van der Waals surface area contributed by atoms with E-state index in [0.29, 0.717) is 13.1 Å². The van der Waals surface area contributed by atoms with Crippen molar-refractivity contribution in [2.24, 2.45) is 0 Å². The molecule has 2 aliphatic rings. The van der Waals surface area contributed by atoms with Gasteiger partial charge in [-0.3, -0.25) is 4.79 Å². The number of urea groups is 1. The molecule has 2 heterocycles. The average Bonchev–Trinajstić information content (AvgIpc) is 2.99. The minimum absolute atomic E-state index is 0. The number of hydrogen-bond acceptors (Lipinski definition) is 3. The number of nitrogens with one attached hydrogen (secondary N) is 3. The van der Waals surface area contributed by atoms with Gasteiger partial charge in [0.05, 0.1) is 6.04 Å². The number of nitrogens with zero attached hydrogens (tertiary/aromatic N) is 1. The van der Waals surface area contributed by atoms with Crippen LogP contribution in [0.5, 0.6) is 0 Å². The molecule has 0 bridgehead atoms. The molecule has 3 amide bonds. The third-order valence-corrected chi connectivity index (χ3v) is 3.53. The largest absolute Gasteiger partial charge is 0.350 e. The molecule has 6 nitrogen and oxygen atoms in total. The van der Waals surface area contributed by atoms with E-state index >= 15 is 0 Å². The molecule has 0 aromatic rings. The van der Waals surface area contributed by atoms with Crippen molar-refractivity contribution >= 4 is 24.3 Å². The zero-order valence-corrected chi connectivity index (χ0v) is 12.1. The Balaban J connectivity index is 0.00000180. The first kappa shape index (κ1) is 16.0. The fourth-order valence-electron chi connectivity index (χ4n) is 2.54. The highest BCUT2D eigenvalue weighted by Crippen LogP contribution is 2.11. The van der Waals surface area contributed by atoms with Crippen LogP contribution in [0, 0.1) is 0 Å². The molecule has 2 saturated heterocycles. The molecule has 19 heavy (non-hydrogen) atoms. The predicted octanol–water partition coefficient (Wildman–Crippen LogP) is 0.0802. The molecule has 0 saturated carbocycles. The smallest absolute Gasteiger partial charge is 0.317 e. The monoisotopic (exact) mass is 290 g/mol. The Bertz CT molecular complexity index is 321. The molecule has 0 aromatic carbocycles. The molecule has 2 aliphatic heterocycles. The van der Waals surface area contributed by atoms with E-state index in [9.17, 15) is 9.59 Å². The van der Waals surface area contributed by atoms with Crippen molar-refractivity contribution in [2.75, 3.05) is 26.2 Å². The van der Waals surface area contributed by atoms with Gasteiger partial charge >= 0.3 is 6.03 Å². The molecule has 3 N–H and O–H groups in total. The highest BCUT2D eigenvalue weighted by Gasteiger charge is 2.29. The highest BCUT2D eigenvalue weighted by atomic mass is 35.5. The van der Waals surface area contributed by atoms with E-state index in [-0.39, 0.29) is 36.4 Å². The van der Waals surface area contributed by atoms with Crippen LogP contribution < -0.4 is 16.0 Å². The number of hydrogen-bond donors (Lipinski definition) is 3. The molecule has 2 fully saturated rings. The van der Waals surface area contributed by atoms with Gasteiger partial charge in [-0.15, -0.1) is 12.4 Å². The summed E-state index contributed by atoms with van der Waals surface area (Å²) in [6.45, 7) is 4.80. The summed E-state index contributed by atoms with van der Waals surface area (Å²) in [6, 6.07) is 0.0271. The van der Waals surface area contributed by atoms with Gasteiger partial charge in [-0.05, 0) is 32.7 Å². The zero-order chi connectivity index (χ0) is 13.0. The van der Waals surface area contributed by atoms with Crippen molar-refractivity contribution in [1.29, 1.82) is 0 Å². The third kappa shape index (κ3) is 4.24. The minimum atomic E-state index is -0.0384. The molecular formula is C12H23ClN4O2. The first-order chi connectivity index (χ1) is 8.70. The molecular weight excluding hydrogens is 268 g/mol. The molecule has 110 valence electrons. The van der Waals surface area contributed by atoms with Crippen molar-refractivity contribution in [3.8, 4) is 0 Å². The van der Waals surface area contributed by atoms with Crippen LogP contribution in [0.3, 0.4) is 0 Å². The second kappa shape index (κ2) is 7.55. The normalized spacial score (nSPS) is 25.8. The first-order valence-electron chi connectivity index (χ1n) is 6.77. The lowest BCUT2D eigenvalue weighted by Crippen LogP contribution is -2.47. The lowest BCUT2D eigenvalue weighted by Gasteiger charge is -2.18. The predicted molar refractivity (Wildman–Crippen MR) is 75.5 cm³/mol. The Morgan fingerprint density at radius 2 is 2.16 bits per heavy atom. The molecule has 2 atom stereocenters. The Morgan fingerprint density at radius 1 is 1.37 bits per heavy atom. The molecule has 7 heteroatoms. The number of carbonyl (C=O) groups excluding carboxylic acids is 2. The maximum absolute atomic E-state index is 11.9. The maximum Gasteiger partial charge on any atom is 0.317 e. The number of rotatable bonds is 3. The number of halogens is 1. The van der Waals surface area contributed by atoms with Gasteiger partial charge in [0.2, 0.25) is 5.91 Å². The van der Waals surface area contributed by atoms with Gasteiger partial charge < -0.3 is 20.9 Å². The van der Waals surface area contributed by atoms with Gasteiger partial charge in [0.25, 0.3) is 0 Å². The lowest BCUT2D eigenvalue weighted by atomic mass is 10.2. The van der Waals surface area contributed by atoms with Crippen LogP contribution in [-0.2, 0) is 4.79 Å². The fraction of sp³-hybridized carbons (Fsp3) is 0.833. The second-order valence-corrected chi connectivity index (χ2v) is 4.92. The highest BCUT2D eigenvalue weighted by molar-refractivity contribution is 5.85. The van der Waals surface area contributed by atoms with Gasteiger partial charge in [-0.25, -0.2) is 4.79 Å². The topological polar surface area (TPSA) is 73.5 Å². The maximum atomic E-state index is 11.9. The van der Waals surface area contributed by atoms with Crippen molar-refractivity contribution in [1.82, 2.24) is 20.9 Å². The van der Waals surface area contributed by atoms with Crippen molar-refractivity contribution < 1.29 is 9.59 Å². The van der Waals surface area contributed by atoms with E-state index in [4.69, 9.17) is 0 Å². The van der Waals surface area contributed by atoms with Crippen LogP contribution in [0.15, 0.2) is 0 Å². The van der Waals surface area contributed by atoms with Crippen LogP contribution >= 0.6 is 12.4 Å². The van der Waals surface area contributed by atoms with Crippen molar-refractivity contribution in [2.45, 2.75) is 38.3 Å². The summed E-state index contributed by atoms with van der Waals surface area (Å²) in [6.07, 6.45) is 2.82. The molecule has 2 unspecified atom stereocenters. The van der Waals surface area contributed by atoms with Crippen molar-refractivity contribution in [3.63, 3.8) is 0 Å². The van der Waals surface area contributed by atoms with E-state index in [1.165, 1.54) is 0 Å². The number of likely N-dealkylation sites (tertiary alicyclic amines) is 1. The molecule has 2 rings (SSSR count). The summed E-state index contributed by atoms with van der Waals surface area (Å²) < 4.78 is 0. The van der Waals surface area contributed by atoms with E-state index in [1.54, 1.807) is 4.90 Å². The van der Waals surface area contributed by atoms with Gasteiger partial charge in [0, 0.05) is 25.7 Å². The first-order valence-corrected chi connectivity index (χ1v) is 6.77. The van der Waals surface area contributed by atoms with Gasteiger partial charge in [0.1, 0.15) is 0 Å². The summed E-state index contributed by atoms with van der Waals surface area (Å²) in [7, 11) is 0. The van der Waals surface area contributed by atoms with Gasteiger partial charge in [-0.1, -0.05) is 0 Å². The van der Waals surface area contributed by atoms with E-state index in [1.807, 2.05) is 6.92 Å². The summed E-state index contributed by atoms with van der Waals surface area (Å²) in [5.41, 5.74) is 0. The van der Waals surface area contributed by atoms with Crippen LogP contribution in [0.1, 0.15) is 26.2 Å². The zero-order valence-electron chi connectivity index (χ0n) is 11.3. The Hall–Kier alpha value is -1.01. The Kier molecular flexibility index (Phi) is 6.37. The summed E-state index contributed by atoms with van der Waals surface area (Å²) in [5.74, 6) is 0.0789. The third-order valence-electron chi connectivity index (χ3n) is 3.53. The molecule has 0 aromatic heterocycles. The summed E-state index contributed by atoms with van der Waals surface area (Å²) in [5, 5.41) is 8.98. The average molecular weight is 291 g/mol. The van der Waals surface area contributed by atoms with Gasteiger partial charge in [0.15, 0.2) is 0 Å². The van der Waals surface area contributed by atoms with E-state index in [0.717, 1.165) is 32.4 Å². The van der Waals surface area contributed by atoms with Crippen LogP contribution in [0.4, 0.5) is 4.79 Å². The van der Waals surface area contributed by atoms with E-state index < -0.39 is 0 Å². The standard InChI is InChI=1S/C12H22N4O2.ClH/c1-2-13-12(18)16-7-5-9(8-16)15-11(17)10-4-3-6-14-10;/h9-10,14H,2-8H2,1H3,(H,13,18)(H,15,17);1H. The Labute approximate surface area is 120 Å². The van der Waals surface area contributed by atoms with Crippen molar-refractivity contribution in [3.05, 3.63) is 0 Å². The fourth-order valence-corrected chi connectivity index (χ4v) is 2.54. The summed E-state index contributed by atoms with van der Waals surface area (Å²) >= 11 is 0. The van der Waals surface area contributed by atoms with Gasteiger partial charge in [-0.2, -0.15) is 0 Å². The quantitative estimate of drug-likeness (QED) is 0.689. The minimum Gasteiger partial charge on any atom is -0.350 e. The van der Waals surface area contributed by atoms with Crippen LogP contribution in [0.2, 0.25) is 0 Å². The lowest BCUT2D eigenvalue weighted by molar-refractivity contribution is -0.123.